The van der Waals surface area contributed by atoms with E-state index in [0.29, 0.717) is 17.9 Å². The van der Waals surface area contributed by atoms with Gasteiger partial charge in [0, 0.05) is 23.7 Å². The summed E-state index contributed by atoms with van der Waals surface area (Å²) in [4.78, 5) is 43.7. The number of rotatable bonds is 5. The molecule has 0 spiro atoms. The van der Waals surface area contributed by atoms with Gasteiger partial charge in [-0.1, -0.05) is 24.3 Å². The number of fused-ring (bicyclic) bond motifs is 2. The van der Waals surface area contributed by atoms with Gasteiger partial charge in [-0.2, -0.15) is 0 Å². The van der Waals surface area contributed by atoms with Crippen LogP contribution < -0.4 is 15.4 Å². The Kier molecular flexibility index (Phi) is 4.62. The van der Waals surface area contributed by atoms with Crippen LogP contribution >= 0.6 is 0 Å². The molecule has 8 nitrogen and oxygen atoms in total. The lowest BCUT2D eigenvalue weighted by atomic mass is 9.96. The summed E-state index contributed by atoms with van der Waals surface area (Å²) in [6.45, 7) is 0.352. The lowest BCUT2D eigenvalue weighted by Gasteiger charge is -2.28. The Labute approximate surface area is 183 Å². The van der Waals surface area contributed by atoms with E-state index < -0.39 is 17.5 Å². The van der Waals surface area contributed by atoms with Crippen LogP contribution in [-0.2, 0) is 11.3 Å². The lowest BCUT2D eigenvalue weighted by molar-refractivity contribution is -0.122. The number of amides is 4. The van der Waals surface area contributed by atoms with Crippen molar-refractivity contribution in [2.75, 3.05) is 13.7 Å². The maximum atomic E-state index is 13.0. The van der Waals surface area contributed by atoms with E-state index in [1.165, 1.54) is 0 Å². The number of imide groups is 1. The van der Waals surface area contributed by atoms with E-state index in [9.17, 15) is 14.4 Å². The molecule has 2 aliphatic heterocycles. The van der Waals surface area contributed by atoms with Crippen LogP contribution in [0.5, 0.6) is 5.75 Å². The number of nitrogens with zero attached hydrogens (tertiary/aromatic N) is 2. The van der Waals surface area contributed by atoms with Gasteiger partial charge in [0.25, 0.3) is 11.8 Å². The van der Waals surface area contributed by atoms with E-state index in [-0.39, 0.29) is 12.5 Å². The molecule has 1 aromatic heterocycles. The fourth-order valence-corrected chi connectivity index (χ4v) is 4.12. The molecule has 3 aromatic rings. The second kappa shape index (κ2) is 7.49. The van der Waals surface area contributed by atoms with Crippen molar-refractivity contribution < 1.29 is 19.1 Å². The molecular formula is C24H20N4O4. The number of hydrogen-bond donors (Lipinski definition) is 2. The van der Waals surface area contributed by atoms with Gasteiger partial charge in [-0.05, 0) is 47.5 Å². The summed E-state index contributed by atoms with van der Waals surface area (Å²) in [7, 11) is 1.54. The van der Waals surface area contributed by atoms with Crippen LogP contribution in [0, 0.1) is 0 Å². The quantitative estimate of drug-likeness (QED) is 0.608. The zero-order valence-corrected chi connectivity index (χ0v) is 17.3. The molecular weight excluding hydrogens is 408 g/mol. The van der Waals surface area contributed by atoms with Crippen molar-refractivity contribution in [1.29, 1.82) is 0 Å². The molecule has 3 heterocycles. The number of urea groups is 1. The molecule has 1 saturated heterocycles. The monoisotopic (exact) mass is 428 g/mol. The first-order valence-electron chi connectivity index (χ1n) is 10.1. The van der Waals surface area contributed by atoms with Crippen molar-refractivity contribution in [2.45, 2.75) is 12.1 Å². The molecule has 4 amide bonds. The molecule has 2 aromatic carbocycles. The largest absolute Gasteiger partial charge is 0.497 e. The highest BCUT2D eigenvalue weighted by Gasteiger charge is 2.47. The van der Waals surface area contributed by atoms with Gasteiger partial charge in [0.05, 0.1) is 19.2 Å². The smallest absolute Gasteiger partial charge is 0.322 e. The van der Waals surface area contributed by atoms with E-state index in [4.69, 9.17) is 4.74 Å². The summed E-state index contributed by atoms with van der Waals surface area (Å²) >= 11 is 0. The van der Waals surface area contributed by atoms with Gasteiger partial charge < -0.3 is 15.0 Å². The van der Waals surface area contributed by atoms with Crippen LogP contribution in [0.1, 0.15) is 21.5 Å². The number of aromatic nitrogens is 1. The maximum Gasteiger partial charge on any atom is 0.322 e. The number of hydrogen-bond acceptors (Lipinski definition) is 5. The summed E-state index contributed by atoms with van der Waals surface area (Å²) in [6.07, 6.45) is 5.14. The number of nitrogens with one attached hydrogen (secondary N) is 2. The molecule has 2 N–H and O–H groups in total. The van der Waals surface area contributed by atoms with Crippen LogP contribution in [0.4, 0.5) is 4.79 Å². The van der Waals surface area contributed by atoms with Gasteiger partial charge in [-0.25, -0.2) is 4.79 Å². The number of carbonyl (C=O) groups is 3. The van der Waals surface area contributed by atoms with Gasteiger partial charge in [0.15, 0.2) is 5.54 Å². The first kappa shape index (κ1) is 19.7. The Hall–Kier alpha value is -4.20. The second-order valence-electron chi connectivity index (χ2n) is 7.85. The maximum absolute atomic E-state index is 13.0. The molecule has 1 atom stereocenters. The molecule has 8 heteroatoms. The van der Waals surface area contributed by atoms with Gasteiger partial charge in [0.1, 0.15) is 5.75 Å². The molecule has 1 fully saturated rings. The van der Waals surface area contributed by atoms with Gasteiger partial charge in [-0.3, -0.25) is 19.9 Å². The third kappa shape index (κ3) is 3.35. The van der Waals surface area contributed by atoms with Crippen LogP contribution in [0.15, 0.2) is 60.8 Å². The minimum atomic E-state index is -1.37. The Morgan fingerprint density at radius 2 is 2.03 bits per heavy atom. The molecule has 32 heavy (non-hydrogen) atoms. The molecule has 0 radical (unpaired) electrons. The van der Waals surface area contributed by atoms with Crippen molar-refractivity contribution in [3.63, 3.8) is 0 Å². The fraction of sp³-hybridized carbons (Fsp3) is 0.167. The first-order chi connectivity index (χ1) is 15.5. The third-order valence-corrected chi connectivity index (χ3v) is 5.79. The average molecular weight is 428 g/mol. The molecule has 0 saturated carbocycles. The normalized spacial score (nSPS) is 20.0. The summed E-state index contributed by atoms with van der Waals surface area (Å²) in [5, 5.41) is 5.96. The molecule has 0 bridgehead atoms. The van der Waals surface area contributed by atoms with Crippen LogP contribution in [0.2, 0.25) is 0 Å². The van der Waals surface area contributed by atoms with E-state index in [1.807, 2.05) is 36.4 Å². The highest BCUT2D eigenvalue weighted by Crippen LogP contribution is 2.29. The SMILES string of the molecule is COc1ccc2c(c1)C(=O)N(C[C@@]1(C=Cc3ccc4ncccc4c3)NC(=O)NC1=O)C2. The topological polar surface area (TPSA) is 101 Å². The van der Waals surface area contributed by atoms with Gasteiger partial charge >= 0.3 is 6.03 Å². The van der Waals surface area contributed by atoms with Crippen molar-refractivity contribution >= 4 is 34.8 Å². The lowest BCUT2D eigenvalue weighted by Crippen LogP contribution is -2.53. The van der Waals surface area contributed by atoms with E-state index in [0.717, 1.165) is 22.0 Å². The first-order valence-corrected chi connectivity index (χ1v) is 10.1. The van der Waals surface area contributed by atoms with Gasteiger partial charge in [-0.15, -0.1) is 0 Å². The second-order valence-corrected chi connectivity index (χ2v) is 7.85. The highest BCUT2D eigenvalue weighted by atomic mass is 16.5. The number of carbonyl (C=O) groups excluding carboxylic acids is 3. The third-order valence-electron chi connectivity index (χ3n) is 5.79. The van der Waals surface area contributed by atoms with Crippen molar-refractivity contribution in [3.05, 3.63) is 77.5 Å². The van der Waals surface area contributed by atoms with E-state index in [2.05, 4.69) is 15.6 Å². The van der Waals surface area contributed by atoms with E-state index in [1.54, 1.807) is 42.5 Å². The van der Waals surface area contributed by atoms with Gasteiger partial charge in [0.2, 0.25) is 0 Å². The molecule has 0 unspecified atom stereocenters. The zero-order chi connectivity index (χ0) is 22.3. The predicted molar refractivity (Wildman–Crippen MR) is 118 cm³/mol. The summed E-state index contributed by atoms with van der Waals surface area (Å²) in [6, 6.07) is 14.3. The standard InChI is InChI=1S/C24H20N4O4/c1-32-18-6-5-17-13-28(21(29)19(17)12-18)14-24(22(30)26-23(31)27-24)9-8-15-4-7-20-16(11-15)3-2-10-25-20/h2-12H,13-14H2,1H3,(H2,26,27,30,31)/t24-/m1/s1. The zero-order valence-electron chi connectivity index (χ0n) is 17.3. The molecule has 2 aliphatic rings. The highest BCUT2D eigenvalue weighted by molar-refractivity contribution is 6.09. The Morgan fingerprint density at radius 3 is 2.81 bits per heavy atom. The fourth-order valence-electron chi connectivity index (χ4n) is 4.12. The minimum absolute atomic E-state index is 0.00599. The summed E-state index contributed by atoms with van der Waals surface area (Å²) in [5.74, 6) is -0.119. The Morgan fingerprint density at radius 1 is 1.16 bits per heavy atom. The number of methoxy groups -OCH3 is 1. The number of benzene rings is 2. The van der Waals surface area contributed by atoms with E-state index >= 15 is 0 Å². The van der Waals surface area contributed by atoms with Crippen LogP contribution in [-0.4, -0.2) is 46.9 Å². The number of pyridine rings is 1. The summed E-state index contributed by atoms with van der Waals surface area (Å²) < 4.78 is 5.22. The predicted octanol–water partition coefficient (Wildman–Crippen LogP) is 2.49. The Balaban J connectivity index is 1.45. The Bertz CT molecular complexity index is 1300. The number of ether oxygens (including phenoxy) is 1. The molecule has 5 rings (SSSR count). The molecule has 160 valence electrons. The van der Waals surface area contributed by atoms with Crippen LogP contribution in [0.3, 0.4) is 0 Å². The average Bonchev–Trinajstić information content (AvgIpc) is 3.26. The van der Waals surface area contributed by atoms with Crippen LogP contribution in [0.25, 0.3) is 17.0 Å². The summed E-state index contributed by atoms with van der Waals surface area (Å²) in [5.41, 5.74) is 1.72. The molecule has 0 aliphatic carbocycles. The van der Waals surface area contributed by atoms with Crippen molar-refractivity contribution in [3.8, 4) is 5.75 Å². The minimum Gasteiger partial charge on any atom is -0.497 e. The van der Waals surface area contributed by atoms with Crippen molar-refractivity contribution in [2.24, 2.45) is 0 Å². The van der Waals surface area contributed by atoms with Crippen molar-refractivity contribution in [1.82, 2.24) is 20.5 Å².